The minimum atomic E-state index is 0.331. The predicted molar refractivity (Wildman–Crippen MR) is 50.4 cm³/mol. The fourth-order valence-corrected chi connectivity index (χ4v) is 1.70. The van der Waals surface area contributed by atoms with Crippen LogP contribution in [0.1, 0.15) is 18.5 Å². The summed E-state index contributed by atoms with van der Waals surface area (Å²) in [5.41, 5.74) is 6.69. The molecular weight excluding hydrogens is 166 g/mol. The van der Waals surface area contributed by atoms with Gasteiger partial charge in [-0.15, -0.1) is 0 Å². The molecule has 0 aliphatic carbocycles. The van der Waals surface area contributed by atoms with Crippen LogP contribution in [-0.2, 0) is 11.3 Å². The predicted octanol–water partition coefficient (Wildman–Crippen LogP) is 0.953. The Morgan fingerprint density at radius 2 is 2.62 bits per heavy atom. The standard InChI is InChI=1S/C9H15N3O/c1-7-5-9(10)11-12(7)6-8-3-2-4-13-8/h5,8H,2-4,6H2,1H3,(H2,10,11)/t8-/m0/s1. The van der Waals surface area contributed by atoms with Crippen LogP contribution in [0.2, 0.25) is 0 Å². The summed E-state index contributed by atoms with van der Waals surface area (Å²) in [4.78, 5) is 0. The summed E-state index contributed by atoms with van der Waals surface area (Å²) < 4.78 is 7.44. The van der Waals surface area contributed by atoms with Crippen LogP contribution in [0.25, 0.3) is 0 Å². The number of nitrogen functional groups attached to an aromatic ring is 1. The topological polar surface area (TPSA) is 53.1 Å². The molecular formula is C9H15N3O. The van der Waals surface area contributed by atoms with Crippen molar-refractivity contribution >= 4 is 5.82 Å². The van der Waals surface area contributed by atoms with E-state index in [1.54, 1.807) is 0 Å². The quantitative estimate of drug-likeness (QED) is 0.739. The van der Waals surface area contributed by atoms with Crippen molar-refractivity contribution in [1.82, 2.24) is 9.78 Å². The number of nitrogens with zero attached hydrogens (tertiary/aromatic N) is 2. The van der Waals surface area contributed by atoms with Crippen molar-refractivity contribution in [2.45, 2.75) is 32.4 Å². The average molecular weight is 181 g/mol. The Labute approximate surface area is 77.7 Å². The zero-order valence-electron chi connectivity index (χ0n) is 7.86. The van der Waals surface area contributed by atoms with E-state index >= 15 is 0 Å². The number of nitrogens with two attached hydrogens (primary N) is 1. The molecule has 2 rings (SSSR count). The van der Waals surface area contributed by atoms with E-state index in [-0.39, 0.29) is 0 Å². The number of anilines is 1. The summed E-state index contributed by atoms with van der Waals surface area (Å²) in [6.07, 6.45) is 2.64. The fourth-order valence-electron chi connectivity index (χ4n) is 1.70. The number of rotatable bonds is 2. The lowest BCUT2D eigenvalue weighted by Crippen LogP contribution is -2.16. The third-order valence-corrected chi connectivity index (χ3v) is 2.40. The highest BCUT2D eigenvalue weighted by Crippen LogP contribution is 2.15. The van der Waals surface area contributed by atoms with Crippen LogP contribution in [-0.4, -0.2) is 22.5 Å². The van der Waals surface area contributed by atoms with E-state index < -0.39 is 0 Å². The highest BCUT2D eigenvalue weighted by Gasteiger charge is 2.17. The molecule has 0 spiro atoms. The Morgan fingerprint density at radius 3 is 3.15 bits per heavy atom. The SMILES string of the molecule is Cc1cc(N)nn1C[C@@H]1CCCO1. The van der Waals surface area contributed by atoms with Gasteiger partial charge in [0, 0.05) is 18.4 Å². The number of aromatic nitrogens is 2. The fraction of sp³-hybridized carbons (Fsp3) is 0.667. The molecule has 0 radical (unpaired) electrons. The molecule has 0 unspecified atom stereocenters. The first-order chi connectivity index (χ1) is 6.25. The van der Waals surface area contributed by atoms with E-state index in [1.165, 1.54) is 6.42 Å². The third kappa shape index (κ3) is 1.83. The largest absolute Gasteiger partial charge is 0.382 e. The van der Waals surface area contributed by atoms with Gasteiger partial charge in [-0.05, 0) is 19.8 Å². The first kappa shape index (κ1) is 8.56. The van der Waals surface area contributed by atoms with Crippen molar-refractivity contribution < 1.29 is 4.74 Å². The van der Waals surface area contributed by atoms with Gasteiger partial charge in [-0.1, -0.05) is 0 Å². The maximum Gasteiger partial charge on any atom is 0.145 e. The first-order valence-electron chi connectivity index (χ1n) is 4.67. The molecule has 1 saturated heterocycles. The molecule has 1 aliphatic heterocycles. The van der Waals surface area contributed by atoms with Gasteiger partial charge in [0.25, 0.3) is 0 Å². The highest BCUT2D eigenvalue weighted by molar-refractivity contribution is 5.28. The zero-order valence-corrected chi connectivity index (χ0v) is 7.86. The molecule has 4 nitrogen and oxygen atoms in total. The van der Waals surface area contributed by atoms with Crippen LogP contribution in [0, 0.1) is 6.92 Å². The minimum Gasteiger partial charge on any atom is -0.382 e. The van der Waals surface area contributed by atoms with E-state index in [9.17, 15) is 0 Å². The van der Waals surface area contributed by atoms with E-state index in [0.29, 0.717) is 11.9 Å². The molecule has 2 heterocycles. The zero-order chi connectivity index (χ0) is 9.26. The lowest BCUT2D eigenvalue weighted by atomic mass is 10.2. The van der Waals surface area contributed by atoms with Crippen molar-refractivity contribution in [3.63, 3.8) is 0 Å². The summed E-state index contributed by atoms with van der Waals surface area (Å²) in [5, 5.41) is 4.19. The monoisotopic (exact) mass is 181 g/mol. The molecule has 2 N–H and O–H groups in total. The number of hydrogen-bond acceptors (Lipinski definition) is 3. The lowest BCUT2D eigenvalue weighted by Gasteiger charge is -2.10. The van der Waals surface area contributed by atoms with Crippen molar-refractivity contribution in [3.8, 4) is 0 Å². The number of hydrogen-bond donors (Lipinski definition) is 1. The van der Waals surface area contributed by atoms with Gasteiger partial charge < -0.3 is 10.5 Å². The van der Waals surface area contributed by atoms with E-state index in [0.717, 1.165) is 25.3 Å². The van der Waals surface area contributed by atoms with E-state index in [2.05, 4.69) is 5.10 Å². The Kier molecular flexibility index (Phi) is 2.22. The molecule has 0 saturated carbocycles. The van der Waals surface area contributed by atoms with Gasteiger partial charge in [0.1, 0.15) is 5.82 Å². The smallest absolute Gasteiger partial charge is 0.145 e. The highest BCUT2D eigenvalue weighted by atomic mass is 16.5. The second-order valence-electron chi connectivity index (χ2n) is 3.53. The summed E-state index contributed by atoms with van der Waals surface area (Å²) in [7, 11) is 0. The first-order valence-corrected chi connectivity index (χ1v) is 4.67. The molecule has 1 aliphatic rings. The van der Waals surface area contributed by atoms with Gasteiger partial charge in [0.05, 0.1) is 12.6 Å². The normalized spacial score (nSPS) is 22.4. The lowest BCUT2D eigenvalue weighted by molar-refractivity contribution is 0.0935. The van der Waals surface area contributed by atoms with Crippen LogP contribution in [0.15, 0.2) is 6.07 Å². The summed E-state index contributed by atoms with van der Waals surface area (Å²) in [6, 6.07) is 1.88. The van der Waals surface area contributed by atoms with Crippen LogP contribution < -0.4 is 5.73 Å². The molecule has 4 heteroatoms. The second kappa shape index (κ2) is 3.38. The van der Waals surface area contributed by atoms with Gasteiger partial charge >= 0.3 is 0 Å². The Bertz CT molecular complexity index is 289. The van der Waals surface area contributed by atoms with Crippen molar-refractivity contribution in [2.75, 3.05) is 12.3 Å². The Morgan fingerprint density at radius 1 is 1.77 bits per heavy atom. The molecule has 0 aromatic carbocycles. The molecule has 72 valence electrons. The van der Waals surface area contributed by atoms with Crippen molar-refractivity contribution in [2.24, 2.45) is 0 Å². The van der Waals surface area contributed by atoms with Gasteiger partial charge in [0.2, 0.25) is 0 Å². The Hall–Kier alpha value is -1.03. The average Bonchev–Trinajstić information content (AvgIpc) is 2.63. The van der Waals surface area contributed by atoms with E-state index in [4.69, 9.17) is 10.5 Å². The van der Waals surface area contributed by atoms with Crippen LogP contribution >= 0.6 is 0 Å². The number of ether oxygens (including phenoxy) is 1. The third-order valence-electron chi connectivity index (χ3n) is 2.40. The van der Waals surface area contributed by atoms with Gasteiger partial charge in [-0.3, -0.25) is 4.68 Å². The van der Waals surface area contributed by atoms with Crippen LogP contribution in [0.4, 0.5) is 5.82 Å². The van der Waals surface area contributed by atoms with Crippen LogP contribution in [0.5, 0.6) is 0 Å². The molecule has 0 bridgehead atoms. The van der Waals surface area contributed by atoms with Crippen molar-refractivity contribution in [1.29, 1.82) is 0 Å². The molecule has 1 aromatic rings. The van der Waals surface area contributed by atoms with Gasteiger partial charge in [0.15, 0.2) is 0 Å². The van der Waals surface area contributed by atoms with E-state index in [1.807, 2.05) is 17.7 Å². The molecule has 1 aromatic heterocycles. The summed E-state index contributed by atoms with van der Waals surface area (Å²) in [5.74, 6) is 0.593. The molecule has 1 fully saturated rings. The van der Waals surface area contributed by atoms with Gasteiger partial charge in [-0.2, -0.15) is 5.10 Å². The molecule has 1 atom stereocenters. The maximum atomic E-state index is 5.58. The van der Waals surface area contributed by atoms with Crippen molar-refractivity contribution in [3.05, 3.63) is 11.8 Å². The second-order valence-corrected chi connectivity index (χ2v) is 3.53. The summed E-state index contributed by atoms with van der Waals surface area (Å²) >= 11 is 0. The number of aryl methyl sites for hydroxylation is 1. The Balaban J connectivity index is 2.03. The molecule has 0 amide bonds. The minimum absolute atomic E-state index is 0.331. The summed E-state index contributed by atoms with van der Waals surface area (Å²) in [6.45, 7) is 3.74. The molecule has 13 heavy (non-hydrogen) atoms. The maximum absolute atomic E-state index is 5.58. The van der Waals surface area contributed by atoms with Crippen LogP contribution in [0.3, 0.4) is 0 Å². The van der Waals surface area contributed by atoms with Gasteiger partial charge in [-0.25, -0.2) is 0 Å².